The number of hydrogen-bond donors (Lipinski definition) is 2. The van der Waals surface area contributed by atoms with Crippen molar-refractivity contribution in [3.63, 3.8) is 0 Å². The number of sulfonamides is 1. The van der Waals surface area contributed by atoms with E-state index in [-0.39, 0.29) is 0 Å². The first kappa shape index (κ1) is 14.4. The van der Waals surface area contributed by atoms with E-state index in [4.69, 9.17) is 5.73 Å². The fourth-order valence-electron chi connectivity index (χ4n) is 2.35. The molecule has 0 saturated heterocycles. The van der Waals surface area contributed by atoms with Crippen LogP contribution in [0.2, 0.25) is 0 Å². The largest absolute Gasteiger partial charge is 0.399 e. The number of anilines is 2. The minimum Gasteiger partial charge on any atom is -0.399 e. The molecule has 2 aromatic carbocycles. The second-order valence-corrected chi connectivity index (χ2v) is 6.57. The Balaban J connectivity index is 2.43. The molecule has 2 aromatic rings. The predicted octanol–water partition coefficient (Wildman–Crippen LogP) is 2.99. The molecule has 5 heteroatoms. The molecule has 0 unspecified atom stereocenters. The number of nitrogens with two attached hydrogens (primary N) is 1. The Bertz CT molecular complexity index is 712. The van der Waals surface area contributed by atoms with Gasteiger partial charge in [-0.25, -0.2) is 8.42 Å². The van der Waals surface area contributed by atoms with Gasteiger partial charge in [0.1, 0.15) is 0 Å². The number of nitrogens with one attached hydrogen (secondary N) is 1. The maximum absolute atomic E-state index is 12.5. The lowest BCUT2D eigenvalue weighted by Gasteiger charge is -2.14. The van der Waals surface area contributed by atoms with Gasteiger partial charge in [-0.1, -0.05) is 17.7 Å². The zero-order chi connectivity index (χ0) is 14.9. The van der Waals surface area contributed by atoms with E-state index in [2.05, 4.69) is 4.72 Å². The van der Waals surface area contributed by atoms with E-state index < -0.39 is 10.0 Å². The van der Waals surface area contributed by atoms with Gasteiger partial charge in [0.2, 0.25) is 0 Å². The Labute approximate surface area is 119 Å². The van der Waals surface area contributed by atoms with Gasteiger partial charge < -0.3 is 5.73 Å². The van der Waals surface area contributed by atoms with E-state index in [0.717, 1.165) is 16.7 Å². The molecule has 0 spiro atoms. The molecule has 0 aliphatic carbocycles. The minimum absolute atomic E-state index is 0.333. The molecule has 3 N–H and O–H groups in total. The van der Waals surface area contributed by atoms with Crippen molar-refractivity contribution in [3.8, 4) is 0 Å². The molecule has 0 saturated carbocycles. The standard InChI is InChI=1S/C15H18N2O2S/c1-10-8-11(2)15(12(3)9-10)20(18,19)17-14-6-4-13(16)5-7-14/h4-9,17H,16H2,1-3H3. The van der Waals surface area contributed by atoms with Gasteiger partial charge in [-0.3, -0.25) is 4.72 Å². The average molecular weight is 290 g/mol. The highest BCUT2D eigenvalue weighted by atomic mass is 32.2. The highest BCUT2D eigenvalue weighted by molar-refractivity contribution is 7.92. The molecule has 0 aromatic heterocycles. The molecule has 0 atom stereocenters. The third-order valence-electron chi connectivity index (χ3n) is 3.04. The van der Waals surface area contributed by atoms with Crippen molar-refractivity contribution in [2.75, 3.05) is 10.5 Å². The summed E-state index contributed by atoms with van der Waals surface area (Å²) in [6.07, 6.45) is 0. The zero-order valence-corrected chi connectivity index (χ0v) is 12.6. The first-order valence-electron chi connectivity index (χ1n) is 6.26. The van der Waals surface area contributed by atoms with E-state index in [9.17, 15) is 8.42 Å². The maximum Gasteiger partial charge on any atom is 0.262 e. The lowest BCUT2D eigenvalue weighted by molar-refractivity contribution is 0.600. The van der Waals surface area contributed by atoms with Gasteiger partial charge in [0, 0.05) is 11.4 Å². The Morgan fingerprint density at radius 2 is 1.45 bits per heavy atom. The zero-order valence-electron chi connectivity index (χ0n) is 11.8. The van der Waals surface area contributed by atoms with Crippen LogP contribution in [0.15, 0.2) is 41.3 Å². The van der Waals surface area contributed by atoms with Crippen molar-refractivity contribution >= 4 is 21.4 Å². The third kappa shape index (κ3) is 2.93. The molecule has 0 aliphatic heterocycles. The highest BCUT2D eigenvalue weighted by Gasteiger charge is 2.19. The third-order valence-corrected chi connectivity index (χ3v) is 4.72. The molecule has 0 aliphatic rings. The summed E-state index contributed by atoms with van der Waals surface area (Å²) in [5.74, 6) is 0. The Morgan fingerprint density at radius 3 is 1.95 bits per heavy atom. The quantitative estimate of drug-likeness (QED) is 0.854. The Morgan fingerprint density at radius 1 is 0.950 bits per heavy atom. The highest BCUT2D eigenvalue weighted by Crippen LogP contribution is 2.24. The Kier molecular flexibility index (Phi) is 3.72. The molecule has 20 heavy (non-hydrogen) atoms. The van der Waals surface area contributed by atoms with E-state index in [1.54, 1.807) is 38.1 Å². The molecule has 0 bridgehead atoms. The van der Waals surface area contributed by atoms with Crippen LogP contribution in [0.3, 0.4) is 0 Å². The van der Waals surface area contributed by atoms with Crippen LogP contribution in [0.1, 0.15) is 16.7 Å². The summed E-state index contributed by atoms with van der Waals surface area (Å²) in [5.41, 5.74) is 9.21. The maximum atomic E-state index is 12.5. The van der Waals surface area contributed by atoms with E-state index in [1.165, 1.54) is 0 Å². The van der Waals surface area contributed by atoms with Crippen molar-refractivity contribution in [3.05, 3.63) is 53.1 Å². The van der Waals surface area contributed by atoms with E-state index >= 15 is 0 Å². The van der Waals surface area contributed by atoms with Crippen molar-refractivity contribution in [2.24, 2.45) is 0 Å². The van der Waals surface area contributed by atoms with Crippen molar-refractivity contribution in [1.29, 1.82) is 0 Å². The first-order valence-corrected chi connectivity index (χ1v) is 7.74. The summed E-state index contributed by atoms with van der Waals surface area (Å²) in [4.78, 5) is 0.333. The summed E-state index contributed by atoms with van der Waals surface area (Å²) in [6, 6.07) is 10.3. The molecule has 106 valence electrons. The summed E-state index contributed by atoms with van der Waals surface area (Å²) >= 11 is 0. The van der Waals surface area contributed by atoms with Gasteiger partial charge in [0.05, 0.1) is 4.90 Å². The van der Waals surface area contributed by atoms with Crippen LogP contribution in [-0.4, -0.2) is 8.42 Å². The molecule has 0 fully saturated rings. The van der Waals surface area contributed by atoms with Gasteiger partial charge in [-0.2, -0.15) is 0 Å². The van der Waals surface area contributed by atoms with Crippen molar-refractivity contribution in [2.45, 2.75) is 25.7 Å². The number of benzene rings is 2. The smallest absolute Gasteiger partial charge is 0.262 e. The van der Waals surface area contributed by atoms with Crippen LogP contribution in [-0.2, 0) is 10.0 Å². The van der Waals surface area contributed by atoms with Gasteiger partial charge in [-0.15, -0.1) is 0 Å². The van der Waals surface area contributed by atoms with E-state index in [1.807, 2.05) is 19.1 Å². The second-order valence-electron chi connectivity index (χ2n) is 4.96. The van der Waals surface area contributed by atoms with Gasteiger partial charge in [0.25, 0.3) is 10.0 Å². The number of hydrogen-bond acceptors (Lipinski definition) is 3. The predicted molar refractivity (Wildman–Crippen MR) is 82.3 cm³/mol. The molecule has 2 rings (SSSR count). The fraction of sp³-hybridized carbons (Fsp3) is 0.200. The van der Waals surface area contributed by atoms with Gasteiger partial charge >= 0.3 is 0 Å². The molecule has 0 heterocycles. The Hall–Kier alpha value is -2.01. The number of aryl methyl sites for hydroxylation is 3. The summed E-state index contributed by atoms with van der Waals surface area (Å²) < 4.78 is 27.6. The van der Waals surface area contributed by atoms with Crippen LogP contribution >= 0.6 is 0 Å². The SMILES string of the molecule is Cc1cc(C)c(S(=O)(=O)Nc2ccc(N)cc2)c(C)c1. The van der Waals surface area contributed by atoms with Crippen LogP contribution in [0.4, 0.5) is 11.4 Å². The normalized spacial score (nSPS) is 11.3. The number of rotatable bonds is 3. The average Bonchev–Trinajstić information content (AvgIpc) is 2.30. The molecule has 4 nitrogen and oxygen atoms in total. The minimum atomic E-state index is -3.60. The fourth-order valence-corrected chi connectivity index (χ4v) is 3.86. The van der Waals surface area contributed by atoms with Crippen LogP contribution in [0.25, 0.3) is 0 Å². The molecular formula is C15H18N2O2S. The summed E-state index contributed by atoms with van der Waals surface area (Å²) in [6.45, 7) is 5.55. The van der Waals surface area contributed by atoms with Gasteiger partial charge in [0.15, 0.2) is 0 Å². The summed E-state index contributed by atoms with van der Waals surface area (Å²) in [5, 5.41) is 0. The lowest BCUT2D eigenvalue weighted by atomic mass is 10.1. The van der Waals surface area contributed by atoms with E-state index in [0.29, 0.717) is 16.3 Å². The van der Waals surface area contributed by atoms with Gasteiger partial charge in [-0.05, 0) is 56.2 Å². The first-order chi connectivity index (χ1) is 9.29. The van der Waals surface area contributed by atoms with Crippen molar-refractivity contribution < 1.29 is 8.42 Å². The number of nitrogen functional groups attached to an aromatic ring is 1. The monoisotopic (exact) mass is 290 g/mol. The lowest BCUT2D eigenvalue weighted by Crippen LogP contribution is -2.15. The van der Waals surface area contributed by atoms with Crippen LogP contribution in [0, 0.1) is 20.8 Å². The van der Waals surface area contributed by atoms with Crippen LogP contribution < -0.4 is 10.5 Å². The molecule has 0 radical (unpaired) electrons. The molecule has 0 amide bonds. The molecular weight excluding hydrogens is 272 g/mol. The summed E-state index contributed by atoms with van der Waals surface area (Å²) in [7, 11) is -3.60. The van der Waals surface area contributed by atoms with Crippen molar-refractivity contribution in [1.82, 2.24) is 0 Å². The van der Waals surface area contributed by atoms with Crippen LogP contribution in [0.5, 0.6) is 0 Å². The second kappa shape index (κ2) is 5.17. The topological polar surface area (TPSA) is 72.2 Å².